The molecule has 0 spiro atoms. The maximum Gasteiger partial charge on any atom is 0.250 e. The molecule has 0 radical (unpaired) electrons. The molecule has 1 fully saturated rings. The lowest BCUT2D eigenvalue weighted by Gasteiger charge is -2.22. The van der Waals surface area contributed by atoms with Crippen LogP contribution < -0.4 is 5.56 Å². The van der Waals surface area contributed by atoms with Crippen molar-refractivity contribution >= 4 is 0 Å². The summed E-state index contributed by atoms with van der Waals surface area (Å²) in [6.45, 7) is 5.79. The molecule has 0 atom stereocenters. The Bertz CT molecular complexity index is 498. The van der Waals surface area contributed by atoms with Crippen LogP contribution in [0.4, 0.5) is 0 Å². The molecule has 0 aliphatic carbocycles. The molecular weight excluding hydrogens is 242 g/mol. The van der Waals surface area contributed by atoms with Crippen LogP contribution in [0.3, 0.4) is 0 Å². The maximum absolute atomic E-state index is 12.0. The smallest absolute Gasteiger partial charge is 0.250 e. The summed E-state index contributed by atoms with van der Waals surface area (Å²) in [4.78, 5) is 12.0. The van der Waals surface area contributed by atoms with Crippen molar-refractivity contribution in [2.75, 3.05) is 13.2 Å². The van der Waals surface area contributed by atoms with E-state index in [0.29, 0.717) is 19.8 Å². The van der Waals surface area contributed by atoms with Crippen LogP contribution in [0.2, 0.25) is 0 Å². The number of rotatable bonds is 5. The molecule has 2 heterocycles. The summed E-state index contributed by atoms with van der Waals surface area (Å²) >= 11 is 0. The van der Waals surface area contributed by atoms with Gasteiger partial charge in [-0.3, -0.25) is 4.79 Å². The quantitative estimate of drug-likeness (QED) is 0.766. The highest BCUT2D eigenvalue weighted by Gasteiger charge is 2.33. The number of hydrogen-bond acceptors (Lipinski definition) is 3. The van der Waals surface area contributed by atoms with Crippen LogP contribution in [0.15, 0.2) is 35.3 Å². The van der Waals surface area contributed by atoms with Crippen LogP contribution in [-0.2, 0) is 21.8 Å². The number of hydrogen-bond donors (Lipinski definition) is 0. The Morgan fingerprint density at radius 2 is 2.11 bits per heavy atom. The fourth-order valence-electron chi connectivity index (χ4n) is 2.15. The lowest BCUT2D eigenvalue weighted by Crippen LogP contribution is -2.27. The van der Waals surface area contributed by atoms with E-state index < -0.39 is 5.79 Å². The molecule has 104 valence electrons. The number of ether oxygens (including phenoxy) is 2. The number of pyridine rings is 1. The van der Waals surface area contributed by atoms with Crippen LogP contribution in [0.25, 0.3) is 0 Å². The number of nitrogens with zero attached hydrogens (tertiary/aromatic N) is 1. The average molecular weight is 263 g/mol. The van der Waals surface area contributed by atoms with E-state index in [1.807, 2.05) is 19.2 Å². The van der Waals surface area contributed by atoms with Crippen molar-refractivity contribution in [1.29, 1.82) is 0 Å². The molecule has 0 bridgehead atoms. The molecule has 0 amide bonds. The summed E-state index contributed by atoms with van der Waals surface area (Å²) in [7, 11) is 0. The summed E-state index contributed by atoms with van der Waals surface area (Å²) in [5.74, 6) is -0.764. The first-order valence-corrected chi connectivity index (χ1v) is 6.79. The fraction of sp³-hybridized carbons (Fsp3) is 0.533. The summed E-state index contributed by atoms with van der Waals surface area (Å²) in [6, 6.07) is 3.51. The Hall–Kier alpha value is -1.39. The number of allylic oxidation sites excluding steroid dienone is 2. The van der Waals surface area contributed by atoms with Crippen LogP contribution >= 0.6 is 0 Å². The summed E-state index contributed by atoms with van der Waals surface area (Å²) in [5.41, 5.74) is 0.776. The average Bonchev–Trinajstić information content (AvgIpc) is 2.84. The van der Waals surface area contributed by atoms with E-state index in [0.717, 1.165) is 18.4 Å². The zero-order chi connectivity index (χ0) is 13.7. The molecule has 1 aromatic rings. The van der Waals surface area contributed by atoms with Gasteiger partial charge in [0.1, 0.15) is 0 Å². The molecule has 1 aliphatic heterocycles. The Kier molecular flexibility index (Phi) is 4.56. The third-order valence-electron chi connectivity index (χ3n) is 3.30. The maximum atomic E-state index is 12.0. The highest BCUT2D eigenvalue weighted by atomic mass is 16.7. The van der Waals surface area contributed by atoms with Crippen molar-refractivity contribution < 1.29 is 9.47 Å². The van der Waals surface area contributed by atoms with Crippen molar-refractivity contribution in [3.8, 4) is 0 Å². The lowest BCUT2D eigenvalue weighted by atomic mass is 10.1. The first kappa shape index (κ1) is 14.0. The molecule has 0 unspecified atom stereocenters. The number of aryl methyl sites for hydroxylation is 1. The second-order valence-corrected chi connectivity index (χ2v) is 4.76. The van der Waals surface area contributed by atoms with Gasteiger partial charge in [0, 0.05) is 24.4 Å². The largest absolute Gasteiger partial charge is 0.344 e. The zero-order valence-electron chi connectivity index (χ0n) is 11.6. The van der Waals surface area contributed by atoms with Gasteiger partial charge in [0.05, 0.1) is 13.2 Å². The minimum atomic E-state index is -0.764. The van der Waals surface area contributed by atoms with E-state index in [2.05, 4.69) is 19.1 Å². The van der Waals surface area contributed by atoms with Crippen LogP contribution in [-0.4, -0.2) is 17.8 Å². The van der Waals surface area contributed by atoms with Crippen molar-refractivity contribution in [2.45, 2.75) is 39.0 Å². The van der Waals surface area contributed by atoms with Crippen molar-refractivity contribution in [1.82, 2.24) is 4.57 Å². The third-order valence-corrected chi connectivity index (χ3v) is 3.30. The van der Waals surface area contributed by atoms with Crippen LogP contribution in [0.1, 0.15) is 32.3 Å². The second kappa shape index (κ2) is 6.17. The molecule has 1 saturated heterocycles. The summed E-state index contributed by atoms with van der Waals surface area (Å²) in [5, 5.41) is 0. The SMILES string of the molecule is CCC=CCCn1ccc(C2(C)OCCO2)cc1=O. The normalized spacial score (nSPS) is 18.2. The predicted octanol–water partition coefficient (Wildman–Crippen LogP) is 2.42. The standard InChI is InChI=1S/C15H21NO3/c1-3-4-5-6-8-16-9-7-13(12-14(16)17)15(2)18-10-11-19-15/h4-5,7,9,12H,3,6,8,10-11H2,1-2H3. The van der Waals surface area contributed by atoms with Gasteiger partial charge in [-0.05, 0) is 25.8 Å². The van der Waals surface area contributed by atoms with E-state index in [-0.39, 0.29) is 5.56 Å². The molecule has 1 aliphatic rings. The zero-order valence-corrected chi connectivity index (χ0v) is 11.6. The highest BCUT2D eigenvalue weighted by Crippen LogP contribution is 2.29. The van der Waals surface area contributed by atoms with E-state index in [1.165, 1.54) is 0 Å². The van der Waals surface area contributed by atoms with Gasteiger partial charge in [-0.15, -0.1) is 0 Å². The molecule has 4 nitrogen and oxygen atoms in total. The first-order chi connectivity index (χ1) is 9.15. The van der Waals surface area contributed by atoms with Crippen LogP contribution in [0, 0.1) is 0 Å². The third kappa shape index (κ3) is 3.33. The van der Waals surface area contributed by atoms with Gasteiger partial charge in [-0.2, -0.15) is 0 Å². The highest BCUT2D eigenvalue weighted by molar-refractivity contribution is 5.17. The Balaban J connectivity index is 2.09. The van der Waals surface area contributed by atoms with Crippen LogP contribution in [0.5, 0.6) is 0 Å². The van der Waals surface area contributed by atoms with Gasteiger partial charge in [0.2, 0.25) is 0 Å². The first-order valence-electron chi connectivity index (χ1n) is 6.79. The molecule has 0 saturated carbocycles. The molecule has 1 aromatic heterocycles. The van der Waals surface area contributed by atoms with Gasteiger partial charge in [-0.1, -0.05) is 19.1 Å². The van der Waals surface area contributed by atoms with Gasteiger partial charge >= 0.3 is 0 Å². The van der Waals surface area contributed by atoms with Gasteiger partial charge in [0.25, 0.3) is 5.56 Å². The van der Waals surface area contributed by atoms with Gasteiger partial charge in [-0.25, -0.2) is 0 Å². The summed E-state index contributed by atoms with van der Waals surface area (Å²) in [6.07, 6.45) is 7.93. The Morgan fingerprint density at radius 1 is 1.37 bits per heavy atom. The Labute approximate surface area is 113 Å². The number of aromatic nitrogens is 1. The van der Waals surface area contributed by atoms with Crippen molar-refractivity contribution in [3.63, 3.8) is 0 Å². The predicted molar refractivity (Wildman–Crippen MR) is 74.0 cm³/mol. The monoisotopic (exact) mass is 263 g/mol. The van der Waals surface area contributed by atoms with Gasteiger partial charge in [0.15, 0.2) is 5.79 Å². The van der Waals surface area contributed by atoms with Gasteiger partial charge < -0.3 is 14.0 Å². The van der Waals surface area contributed by atoms with E-state index in [1.54, 1.807) is 10.6 Å². The molecule has 0 aromatic carbocycles. The van der Waals surface area contributed by atoms with Crippen molar-refractivity contribution in [3.05, 3.63) is 46.4 Å². The second-order valence-electron chi connectivity index (χ2n) is 4.76. The molecule has 2 rings (SSSR count). The minimum Gasteiger partial charge on any atom is -0.344 e. The molecule has 0 N–H and O–H groups in total. The molecule has 4 heteroatoms. The Morgan fingerprint density at radius 3 is 2.74 bits per heavy atom. The lowest BCUT2D eigenvalue weighted by molar-refractivity contribution is -0.149. The van der Waals surface area contributed by atoms with Crippen molar-refractivity contribution in [2.24, 2.45) is 0 Å². The summed E-state index contributed by atoms with van der Waals surface area (Å²) < 4.78 is 12.8. The topological polar surface area (TPSA) is 40.5 Å². The molecule has 19 heavy (non-hydrogen) atoms. The molecular formula is C15H21NO3. The van der Waals surface area contributed by atoms with E-state index >= 15 is 0 Å². The van der Waals surface area contributed by atoms with E-state index in [4.69, 9.17) is 9.47 Å². The van der Waals surface area contributed by atoms with E-state index in [9.17, 15) is 4.79 Å². The fourth-order valence-corrected chi connectivity index (χ4v) is 2.15. The minimum absolute atomic E-state index is 0.0114.